The molecular weight excluding hydrogens is 146 g/mol. The molecule has 2 rings (SSSR count). The summed E-state index contributed by atoms with van der Waals surface area (Å²) in [5, 5.41) is 3.63. The Balaban J connectivity index is 1.56. The average Bonchev–Trinajstić information content (AvgIpc) is 2.61. The molecule has 0 aromatic carbocycles. The van der Waals surface area contributed by atoms with Crippen LogP contribution in [0.15, 0.2) is 0 Å². The van der Waals surface area contributed by atoms with Crippen molar-refractivity contribution in [2.24, 2.45) is 11.3 Å². The third-order valence-electron chi connectivity index (χ3n) is 3.56. The molecule has 0 amide bonds. The van der Waals surface area contributed by atoms with Crippen molar-refractivity contribution in [2.45, 2.75) is 45.4 Å². The number of hydrogen-bond donors (Lipinski definition) is 1. The van der Waals surface area contributed by atoms with Crippen LogP contribution in [0.25, 0.3) is 0 Å². The van der Waals surface area contributed by atoms with Crippen LogP contribution < -0.4 is 5.32 Å². The molecule has 0 aromatic heterocycles. The summed E-state index contributed by atoms with van der Waals surface area (Å²) in [5.74, 6) is 1.01. The Labute approximate surface area is 75.9 Å². The summed E-state index contributed by atoms with van der Waals surface area (Å²) in [5.41, 5.74) is 0.693. The van der Waals surface area contributed by atoms with E-state index in [1.165, 1.54) is 51.6 Å². The van der Waals surface area contributed by atoms with Gasteiger partial charge in [0.1, 0.15) is 0 Å². The quantitative estimate of drug-likeness (QED) is 0.678. The fourth-order valence-electron chi connectivity index (χ4n) is 2.18. The molecule has 0 aliphatic heterocycles. The van der Waals surface area contributed by atoms with Crippen molar-refractivity contribution in [3.05, 3.63) is 0 Å². The molecule has 2 fully saturated rings. The third-order valence-corrected chi connectivity index (χ3v) is 3.56. The molecular formula is C11H21N. The third kappa shape index (κ3) is 2.22. The van der Waals surface area contributed by atoms with Crippen LogP contribution in [-0.2, 0) is 0 Å². The first-order valence-electron chi connectivity index (χ1n) is 5.49. The van der Waals surface area contributed by atoms with Gasteiger partial charge in [0.25, 0.3) is 0 Å². The molecule has 2 aliphatic carbocycles. The van der Waals surface area contributed by atoms with Gasteiger partial charge in [0.2, 0.25) is 0 Å². The van der Waals surface area contributed by atoms with E-state index in [4.69, 9.17) is 0 Å². The summed E-state index contributed by atoms with van der Waals surface area (Å²) in [6.45, 7) is 4.95. The standard InChI is InChI=1S/C11H21N/c1-11(6-7-11)9-12-8-10-4-2-3-5-10/h10,12H,2-9H2,1H3. The molecule has 70 valence electrons. The molecule has 0 heterocycles. The first kappa shape index (κ1) is 8.55. The molecule has 0 unspecified atom stereocenters. The Kier molecular flexibility index (Phi) is 2.40. The summed E-state index contributed by atoms with van der Waals surface area (Å²) in [6, 6.07) is 0. The van der Waals surface area contributed by atoms with E-state index in [2.05, 4.69) is 12.2 Å². The minimum atomic E-state index is 0.693. The first-order chi connectivity index (χ1) is 5.79. The van der Waals surface area contributed by atoms with E-state index in [1.807, 2.05) is 0 Å². The van der Waals surface area contributed by atoms with Gasteiger partial charge in [-0.3, -0.25) is 0 Å². The van der Waals surface area contributed by atoms with E-state index in [1.54, 1.807) is 0 Å². The zero-order chi connectivity index (χ0) is 8.44. The second-order valence-electron chi connectivity index (χ2n) is 5.09. The van der Waals surface area contributed by atoms with Crippen LogP contribution in [0.3, 0.4) is 0 Å². The van der Waals surface area contributed by atoms with E-state index in [-0.39, 0.29) is 0 Å². The summed E-state index contributed by atoms with van der Waals surface area (Å²) in [6.07, 6.45) is 8.80. The maximum atomic E-state index is 3.63. The lowest BCUT2D eigenvalue weighted by Crippen LogP contribution is -2.26. The van der Waals surface area contributed by atoms with Gasteiger partial charge in [0.15, 0.2) is 0 Å². The zero-order valence-corrected chi connectivity index (χ0v) is 8.23. The van der Waals surface area contributed by atoms with Crippen molar-refractivity contribution < 1.29 is 0 Å². The topological polar surface area (TPSA) is 12.0 Å². The van der Waals surface area contributed by atoms with Crippen molar-refractivity contribution in [2.75, 3.05) is 13.1 Å². The van der Waals surface area contributed by atoms with E-state index in [0.29, 0.717) is 5.41 Å². The van der Waals surface area contributed by atoms with Crippen molar-refractivity contribution >= 4 is 0 Å². The van der Waals surface area contributed by atoms with Gasteiger partial charge in [0, 0.05) is 6.54 Å². The van der Waals surface area contributed by atoms with Gasteiger partial charge in [-0.05, 0) is 43.6 Å². The minimum absolute atomic E-state index is 0.693. The molecule has 1 N–H and O–H groups in total. The van der Waals surface area contributed by atoms with Gasteiger partial charge in [-0.1, -0.05) is 19.8 Å². The van der Waals surface area contributed by atoms with Crippen molar-refractivity contribution in [1.29, 1.82) is 0 Å². The van der Waals surface area contributed by atoms with Gasteiger partial charge in [-0.25, -0.2) is 0 Å². The molecule has 0 atom stereocenters. The van der Waals surface area contributed by atoms with Crippen molar-refractivity contribution in [1.82, 2.24) is 5.32 Å². The molecule has 0 spiro atoms. The fourth-order valence-corrected chi connectivity index (χ4v) is 2.18. The van der Waals surface area contributed by atoms with Crippen LogP contribution in [0.4, 0.5) is 0 Å². The maximum Gasteiger partial charge on any atom is 0.000528 e. The van der Waals surface area contributed by atoms with E-state index in [9.17, 15) is 0 Å². The SMILES string of the molecule is CC1(CNCC2CCCC2)CC1. The molecule has 2 saturated carbocycles. The van der Waals surface area contributed by atoms with E-state index in [0.717, 1.165) is 5.92 Å². The molecule has 0 radical (unpaired) electrons. The summed E-state index contributed by atoms with van der Waals surface area (Å²) < 4.78 is 0. The highest BCUT2D eigenvalue weighted by Crippen LogP contribution is 2.44. The lowest BCUT2D eigenvalue weighted by molar-refractivity contribution is 0.436. The molecule has 0 saturated heterocycles. The predicted octanol–water partition coefficient (Wildman–Crippen LogP) is 2.57. The highest BCUT2D eigenvalue weighted by atomic mass is 14.9. The highest BCUT2D eigenvalue weighted by Gasteiger charge is 2.36. The van der Waals surface area contributed by atoms with Crippen LogP contribution in [-0.4, -0.2) is 13.1 Å². The molecule has 12 heavy (non-hydrogen) atoms. The normalized spacial score (nSPS) is 27.8. The van der Waals surface area contributed by atoms with Crippen LogP contribution in [0, 0.1) is 11.3 Å². The van der Waals surface area contributed by atoms with E-state index < -0.39 is 0 Å². The Morgan fingerprint density at radius 2 is 1.92 bits per heavy atom. The van der Waals surface area contributed by atoms with Gasteiger partial charge in [-0.15, -0.1) is 0 Å². The van der Waals surface area contributed by atoms with Crippen LogP contribution in [0.5, 0.6) is 0 Å². The summed E-state index contributed by atoms with van der Waals surface area (Å²) >= 11 is 0. The number of rotatable bonds is 4. The monoisotopic (exact) mass is 167 g/mol. The number of hydrogen-bond acceptors (Lipinski definition) is 1. The van der Waals surface area contributed by atoms with E-state index >= 15 is 0 Å². The smallest absolute Gasteiger partial charge is 0.000528 e. The molecule has 0 bridgehead atoms. The van der Waals surface area contributed by atoms with Crippen LogP contribution in [0.2, 0.25) is 0 Å². The lowest BCUT2D eigenvalue weighted by Gasteiger charge is -2.13. The van der Waals surface area contributed by atoms with Gasteiger partial charge < -0.3 is 5.32 Å². The van der Waals surface area contributed by atoms with Gasteiger partial charge in [-0.2, -0.15) is 0 Å². The first-order valence-corrected chi connectivity index (χ1v) is 5.49. The Hall–Kier alpha value is -0.0400. The lowest BCUT2D eigenvalue weighted by atomic mass is 10.1. The fraction of sp³-hybridized carbons (Fsp3) is 1.00. The van der Waals surface area contributed by atoms with Crippen molar-refractivity contribution in [3.63, 3.8) is 0 Å². The Morgan fingerprint density at radius 3 is 2.50 bits per heavy atom. The largest absolute Gasteiger partial charge is 0.316 e. The Bertz CT molecular complexity index is 143. The minimum Gasteiger partial charge on any atom is -0.316 e. The summed E-state index contributed by atoms with van der Waals surface area (Å²) in [4.78, 5) is 0. The molecule has 1 heteroatoms. The van der Waals surface area contributed by atoms with Gasteiger partial charge in [0.05, 0.1) is 0 Å². The zero-order valence-electron chi connectivity index (χ0n) is 8.23. The Morgan fingerprint density at radius 1 is 1.25 bits per heavy atom. The summed E-state index contributed by atoms with van der Waals surface area (Å²) in [7, 11) is 0. The predicted molar refractivity (Wildman–Crippen MR) is 52.2 cm³/mol. The molecule has 0 aromatic rings. The van der Waals surface area contributed by atoms with Crippen LogP contribution in [0.1, 0.15) is 45.4 Å². The highest BCUT2D eigenvalue weighted by molar-refractivity contribution is 4.90. The molecule has 1 nitrogen and oxygen atoms in total. The number of nitrogens with one attached hydrogen (secondary N) is 1. The van der Waals surface area contributed by atoms with Crippen molar-refractivity contribution in [3.8, 4) is 0 Å². The molecule has 2 aliphatic rings. The van der Waals surface area contributed by atoms with Gasteiger partial charge >= 0.3 is 0 Å². The maximum absolute atomic E-state index is 3.63. The van der Waals surface area contributed by atoms with Crippen LogP contribution >= 0.6 is 0 Å². The second-order valence-corrected chi connectivity index (χ2v) is 5.09. The second kappa shape index (κ2) is 3.37. The average molecular weight is 167 g/mol.